The number of fused-ring (bicyclic) bond motifs is 6. The summed E-state index contributed by atoms with van der Waals surface area (Å²) in [6.07, 6.45) is 0.935. The molecule has 0 bridgehead atoms. The summed E-state index contributed by atoms with van der Waals surface area (Å²) in [7, 11) is 0. The van der Waals surface area contributed by atoms with Crippen LogP contribution in [0, 0.1) is 5.92 Å². The topological polar surface area (TPSA) is 29.6 Å². The second-order valence-electron chi connectivity index (χ2n) is 12.4. The van der Waals surface area contributed by atoms with Crippen molar-refractivity contribution in [3.05, 3.63) is 168 Å². The Morgan fingerprint density at radius 2 is 1.21 bits per heavy atom. The average Bonchev–Trinajstić information content (AvgIpc) is 3.68. The van der Waals surface area contributed by atoms with Crippen molar-refractivity contribution in [3.63, 3.8) is 0 Å². The van der Waals surface area contributed by atoms with E-state index in [1.165, 1.54) is 58.7 Å². The molecule has 2 aromatic heterocycles. The Kier molecular flexibility index (Phi) is 6.83. The number of nitrogens with zero attached hydrogens (tertiary/aromatic N) is 3. The van der Waals surface area contributed by atoms with E-state index in [0.29, 0.717) is 0 Å². The zero-order valence-corrected chi connectivity index (χ0v) is 27.0. The van der Waals surface area contributed by atoms with Gasteiger partial charge >= 0.3 is 0 Å². The Balaban J connectivity index is 1.25. The van der Waals surface area contributed by atoms with E-state index in [1.54, 1.807) is 0 Å². The molecule has 0 saturated carbocycles. The van der Waals surface area contributed by atoms with Gasteiger partial charge in [0.2, 0.25) is 0 Å². The lowest BCUT2D eigenvalue weighted by molar-refractivity contribution is 0.532. The zero-order chi connectivity index (χ0) is 31.3. The molecule has 0 N–H and O–H groups in total. The third-order valence-electron chi connectivity index (χ3n) is 9.75. The number of amidine groups is 1. The van der Waals surface area contributed by atoms with Crippen molar-refractivity contribution < 1.29 is 0 Å². The second-order valence-corrected chi connectivity index (χ2v) is 13.5. The van der Waals surface area contributed by atoms with E-state index in [9.17, 15) is 0 Å². The number of aliphatic imine (C=N–C) groups is 2. The Hall–Kier alpha value is -5.32. The average molecular weight is 624 g/mol. The maximum atomic E-state index is 5.56. The standard InChI is InChI=1S/C43H33N3S/c1-2-30-41(28-15-4-3-5-16-28)44-43(35-22-14-26-39-40(35)34-21-10-13-25-38(34)47-39)45-42(30)31-18-7-6-17-29(31)27-46-36-23-11-8-19-32(36)33-20-9-12-24-37(33)46/h3-26,30,41H,2,27H2,1H3. The summed E-state index contributed by atoms with van der Waals surface area (Å²) in [5.41, 5.74) is 8.43. The highest BCUT2D eigenvalue weighted by Gasteiger charge is 2.33. The van der Waals surface area contributed by atoms with Crippen LogP contribution in [0.3, 0.4) is 0 Å². The van der Waals surface area contributed by atoms with Crippen molar-refractivity contribution in [2.24, 2.45) is 15.9 Å². The molecule has 4 heteroatoms. The summed E-state index contributed by atoms with van der Waals surface area (Å²) in [5, 5.41) is 5.09. The molecular formula is C43H33N3S. The summed E-state index contributed by atoms with van der Waals surface area (Å²) in [6.45, 7) is 3.03. The van der Waals surface area contributed by atoms with Crippen LogP contribution in [0.15, 0.2) is 156 Å². The summed E-state index contributed by atoms with van der Waals surface area (Å²) in [6, 6.07) is 52.5. The highest BCUT2D eigenvalue weighted by Crippen LogP contribution is 2.41. The Morgan fingerprint density at radius 3 is 1.98 bits per heavy atom. The number of thiophene rings is 1. The van der Waals surface area contributed by atoms with Crippen LogP contribution in [-0.2, 0) is 6.54 Å². The van der Waals surface area contributed by atoms with E-state index in [4.69, 9.17) is 9.98 Å². The van der Waals surface area contributed by atoms with E-state index < -0.39 is 0 Å². The van der Waals surface area contributed by atoms with Gasteiger partial charge in [0.05, 0.1) is 11.8 Å². The van der Waals surface area contributed by atoms with E-state index >= 15 is 0 Å². The molecule has 2 unspecified atom stereocenters. The lowest BCUT2D eigenvalue weighted by atomic mass is 9.82. The van der Waals surface area contributed by atoms with Gasteiger partial charge in [-0.2, -0.15) is 0 Å². The van der Waals surface area contributed by atoms with Crippen molar-refractivity contribution in [1.29, 1.82) is 0 Å². The normalized spacial score (nSPS) is 16.6. The summed E-state index contributed by atoms with van der Waals surface area (Å²) in [4.78, 5) is 11.1. The smallest absolute Gasteiger partial charge is 0.156 e. The lowest BCUT2D eigenvalue weighted by Gasteiger charge is -2.31. The van der Waals surface area contributed by atoms with Crippen LogP contribution in [0.25, 0.3) is 42.0 Å². The molecule has 3 heterocycles. The van der Waals surface area contributed by atoms with Gasteiger partial charge in [-0.1, -0.05) is 128 Å². The molecule has 0 spiro atoms. The van der Waals surface area contributed by atoms with Gasteiger partial charge in [-0.15, -0.1) is 11.3 Å². The van der Waals surface area contributed by atoms with Gasteiger partial charge in [0, 0.05) is 65.6 Å². The van der Waals surface area contributed by atoms with Crippen molar-refractivity contribution in [2.45, 2.75) is 25.9 Å². The third kappa shape index (κ3) is 4.63. The first-order chi connectivity index (χ1) is 23.3. The molecule has 8 aromatic rings. The van der Waals surface area contributed by atoms with Gasteiger partial charge < -0.3 is 4.57 Å². The van der Waals surface area contributed by atoms with Crippen molar-refractivity contribution in [1.82, 2.24) is 4.57 Å². The molecule has 47 heavy (non-hydrogen) atoms. The molecule has 0 aliphatic carbocycles. The molecule has 9 rings (SSSR count). The lowest BCUT2D eigenvalue weighted by Crippen LogP contribution is -2.29. The first-order valence-electron chi connectivity index (χ1n) is 16.4. The Morgan fingerprint density at radius 1 is 0.596 bits per heavy atom. The maximum absolute atomic E-state index is 5.56. The van der Waals surface area contributed by atoms with Crippen LogP contribution in [0.1, 0.15) is 41.6 Å². The van der Waals surface area contributed by atoms with Crippen LogP contribution < -0.4 is 0 Å². The van der Waals surface area contributed by atoms with Crippen molar-refractivity contribution in [2.75, 3.05) is 0 Å². The van der Waals surface area contributed by atoms with Gasteiger partial charge in [-0.3, -0.25) is 4.99 Å². The van der Waals surface area contributed by atoms with E-state index in [-0.39, 0.29) is 12.0 Å². The second kappa shape index (κ2) is 11.5. The van der Waals surface area contributed by atoms with Crippen LogP contribution >= 0.6 is 11.3 Å². The van der Waals surface area contributed by atoms with Gasteiger partial charge in [0.25, 0.3) is 0 Å². The van der Waals surface area contributed by atoms with Crippen LogP contribution in [-0.4, -0.2) is 16.1 Å². The molecule has 0 amide bonds. The maximum Gasteiger partial charge on any atom is 0.156 e. The molecule has 2 atom stereocenters. The van der Waals surface area contributed by atoms with Crippen molar-refractivity contribution >= 4 is 64.9 Å². The quantitative estimate of drug-likeness (QED) is 0.176. The number of para-hydroxylation sites is 2. The molecule has 3 nitrogen and oxygen atoms in total. The molecule has 0 saturated heterocycles. The van der Waals surface area contributed by atoms with E-state index in [1.807, 2.05) is 11.3 Å². The fraction of sp³-hybridized carbons (Fsp3) is 0.116. The number of hydrogen-bond acceptors (Lipinski definition) is 3. The molecule has 0 fully saturated rings. The zero-order valence-electron chi connectivity index (χ0n) is 26.2. The predicted octanol–water partition coefficient (Wildman–Crippen LogP) is 11.2. The minimum absolute atomic E-state index is 0.0369. The van der Waals surface area contributed by atoms with Crippen LogP contribution in [0.5, 0.6) is 0 Å². The molecule has 226 valence electrons. The van der Waals surface area contributed by atoms with Crippen LogP contribution in [0.4, 0.5) is 0 Å². The molecule has 6 aromatic carbocycles. The van der Waals surface area contributed by atoms with E-state index in [0.717, 1.165) is 30.1 Å². The van der Waals surface area contributed by atoms with Gasteiger partial charge in [-0.25, -0.2) is 4.99 Å². The SMILES string of the molecule is CCC1C(c2ccccc2Cn2c3ccccc3c3ccccc32)=NC(c2cccc3sc4ccccc4c23)=NC1c1ccccc1. The summed E-state index contributed by atoms with van der Waals surface area (Å²) >= 11 is 1.84. The highest BCUT2D eigenvalue weighted by molar-refractivity contribution is 7.25. The monoisotopic (exact) mass is 623 g/mol. The van der Waals surface area contributed by atoms with Gasteiger partial charge in [0.15, 0.2) is 5.84 Å². The Labute approximate surface area is 278 Å². The minimum Gasteiger partial charge on any atom is -0.336 e. The van der Waals surface area contributed by atoms with Crippen molar-refractivity contribution in [3.8, 4) is 0 Å². The number of aromatic nitrogens is 1. The molecule has 1 aliphatic heterocycles. The number of rotatable bonds is 6. The first-order valence-corrected chi connectivity index (χ1v) is 17.3. The van der Waals surface area contributed by atoms with Crippen LogP contribution in [0.2, 0.25) is 0 Å². The third-order valence-corrected chi connectivity index (χ3v) is 10.9. The fourth-order valence-corrected chi connectivity index (χ4v) is 8.71. The summed E-state index contributed by atoms with van der Waals surface area (Å²) < 4.78 is 5.03. The first kappa shape index (κ1) is 27.9. The molecular weight excluding hydrogens is 591 g/mol. The number of hydrogen-bond donors (Lipinski definition) is 0. The summed E-state index contributed by atoms with van der Waals surface area (Å²) in [5.74, 6) is 0.957. The molecule has 1 aliphatic rings. The Bertz CT molecular complexity index is 2450. The van der Waals surface area contributed by atoms with Gasteiger partial charge in [-0.05, 0) is 41.8 Å². The highest BCUT2D eigenvalue weighted by atomic mass is 32.1. The predicted molar refractivity (Wildman–Crippen MR) is 200 cm³/mol. The van der Waals surface area contributed by atoms with E-state index in [2.05, 4.69) is 157 Å². The number of benzene rings is 6. The fourth-order valence-electron chi connectivity index (χ4n) is 7.57. The largest absolute Gasteiger partial charge is 0.336 e. The molecule has 0 radical (unpaired) electrons. The minimum atomic E-state index is -0.0369. The van der Waals surface area contributed by atoms with Gasteiger partial charge in [0.1, 0.15) is 0 Å².